The van der Waals surface area contributed by atoms with Gasteiger partial charge >= 0.3 is 0 Å². The van der Waals surface area contributed by atoms with Gasteiger partial charge in [-0.05, 0) is 11.1 Å². The molecule has 0 aliphatic carbocycles. The van der Waals surface area contributed by atoms with E-state index in [1.807, 2.05) is 36.4 Å². The third kappa shape index (κ3) is 4.77. The second-order valence-corrected chi connectivity index (χ2v) is 3.15. The van der Waals surface area contributed by atoms with E-state index in [4.69, 9.17) is 0 Å². The first-order valence-corrected chi connectivity index (χ1v) is 4.73. The van der Waals surface area contributed by atoms with Crippen LogP contribution in [0.15, 0.2) is 60.7 Å². The lowest BCUT2D eigenvalue weighted by atomic mass is 10.1. The van der Waals surface area contributed by atoms with Gasteiger partial charge in [0, 0.05) is 0 Å². The molecular formula is C14H12Br2-2. The molecule has 2 aromatic carbocycles. The van der Waals surface area contributed by atoms with Crippen molar-refractivity contribution in [2.24, 2.45) is 0 Å². The summed E-state index contributed by atoms with van der Waals surface area (Å²) in [6, 6.07) is 20.6. The first kappa shape index (κ1) is 15.1. The number of hydrogen-bond acceptors (Lipinski definition) is 0. The zero-order valence-corrected chi connectivity index (χ0v) is 11.9. The van der Waals surface area contributed by atoms with Gasteiger partial charge < -0.3 is 34.0 Å². The molecule has 84 valence electrons. The fourth-order valence-electron chi connectivity index (χ4n) is 1.32. The second-order valence-electron chi connectivity index (χ2n) is 3.15. The van der Waals surface area contributed by atoms with E-state index in [9.17, 15) is 0 Å². The highest BCUT2D eigenvalue weighted by Crippen LogP contribution is 2.06. The van der Waals surface area contributed by atoms with Crippen LogP contribution in [0.1, 0.15) is 11.1 Å². The maximum atomic E-state index is 2.12. The van der Waals surface area contributed by atoms with Gasteiger partial charge in [0.15, 0.2) is 0 Å². The molecule has 0 amide bonds. The van der Waals surface area contributed by atoms with E-state index in [1.165, 1.54) is 11.1 Å². The molecule has 0 radical (unpaired) electrons. The highest BCUT2D eigenvalue weighted by molar-refractivity contribution is 5.69. The van der Waals surface area contributed by atoms with Crippen LogP contribution in [0.4, 0.5) is 0 Å². The van der Waals surface area contributed by atoms with Crippen molar-refractivity contribution in [3.63, 3.8) is 0 Å². The van der Waals surface area contributed by atoms with Crippen molar-refractivity contribution in [3.05, 3.63) is 71.8 Å². The van der Waals surface area contributed by atoms with Gasteiger partial charge in [0.2, 0.25) is 0 Å². The van der Waals surface area contributed by atoms with Crippen molar-refractivity contribution in [2.75, 3.05) is 0 Å². The fourth-order valence-corrected chi connectivity index (χ4v) is 1.32. The summed E-state index contributed by atoms with van der Waals surface area (Å²) in [5.41, 5.74) is 2.47. The number of benzene rings is 2. The Kier molecular flexibility index (Phi) is 7.86. The zero-order valence-electron chi connectivity index (χ0n) is 8.68. The normalized spacial score (nSPS) is 9.25. The summed E-state index contributed by atoms with van der Waals surface area (Å²) in [7, 11) is 0. The Morgan fingerprint density at radius 1 is 0.500 bits per heavy atom. The van der Waals surface area contributed by atoms with Crippen LogP contribution < -0.4 is 34.0 Å². The van der Waals surface area contributed by atoms with Gasteiger partial charge in [0.05, 0.1) is 0 Å². The summed E-state index contributed by atoms with van der Waals surface area (Å²) in [5, 5.41) is 0. The molecule has 0 spiro atoms. The maximum absolute atomic E-state index is 2.12. The van der Waals surface area contributed by atoms with Gasteiger partial charge in [-0.1, -0.05) is 72.8 Å². The lowest BCUT2D eigenvalue weighted by molar-refractivity contribution is -0.00100. The van der Waals surface area contributed by atoms with Crippen molar-refractivity contribution in [2.45, 2.75) is 0 Å². The van der Waals surface area contributed by atoms with E-state index >= 15 is 0 Å². The minimum atomic E-state index is 0. The summed E-state index contributed by atoms with van der Waals surface area (Å²) >= 11 is 0. The summed E-state index contributed by atoms with van der Waals surface area (Å²) in [5.74, 6) is 0. The van der Waals surface area contributed by atoms with Crippen LogP contribution >= 0.6 is 0 Å². The molecule has 0 fully saturated rings. The first-order chi connectivity index (χ1) is 6.95. The fraction of sp³-hybridized carbons (Fsp3) is 0. The van der Waals surface area contributed by atoms with E-state index in [2.05, 4.69) is 36.4 Å². The van der Waals surface area contributed by atoms with Crippen LogP contribution in [0.25, 0.3) is 12.2 Å². The predicted octanol–water partition coefficient (Wildman–Crippen LogP) is -2.13. The number of hydrogen-bond donors (Lipinski definition) is 0. The zero-order chi connectivity index (χ0) is 9.64. The van der Waals surface area contributed by atoms with E-state index < -0.39 is 0 Å². The van der Waals surface area contributed by atoms with Crippen molar-refractivity contribution in [3.8, 4) is 0 Å². The molecule has 2 aromatic rings. The minimum Gasteiger partial charge on any atom is -1.00 e. The maximum Gasteiger partial charge on any atom is -0.0256 e. The summed E-state index contributed by atoms with van der Waals surface area (Å²) in [6.45, 7) is 0. The highest BCUT2D eigenvalue weighted by atomic mass is 79.9. The first-order valence-electron chi connectivity index (χ1n) is 4.73. The molecular weight excluding hydrogens is 328 g/mol. The van der Waals surface area contributed by atoms with Crippen molar-refractivity contribution in [1.29, 1.82) is 0 Å². The van der Waals surface area contributed by atoms with Crippen LogP contribution in [0.2, 0.25) is 0 Å². The van der Waals surface area contributed by atoms with Crippen molar-refractivity contribution >= 4 is 12.2 Å². The van der Waals surface area contributed by atoms with Crippen LogP contribution in [0, 0.1) is 0 Å². The van der Waals surface area contributed by atoms with E-state index in [-0.39, 0.29) is 34.0 Å². The van der Waals surface area contributed by atoms with Gasteiger partial charge in [0.1, 0.15) is 0 Å². The molecule has 0 unspecified atom stereocenters. The minimum absolute atomic E-state index is 0. The second kappa shape index (κ2) is 8.31. The van der Waals surface area contributed by atoms with Crippen LogP contribution in [-0.2, 0) is 0 Å². The molecule has 0 atom stereocenters. The molecule has 0 aromatic heterocycles. The smallest absolute Gasteiger partial charge is 0.0256 e. The highest BCUT2D eigenvalue weighted by Gasteiger charge is 1.84. The molecule has 0 nitrogen and oxygen atoms in total. The molecule has 0 bridgehead atoms. The molecule has 2 rings (SSSR count). The SMILES string of the molecule is C(=Cc1ccccc1)c1ccccc1.[Br-].[Br-]. The quantitative estimate of drug-likeness (QED) is 0.548. The average molecular weight is 340 g/mol. The van der Waals surface area contributed by atoms with Crippen molar-refractivity contribution < 1.29 is 34.0 Å². The Labute approximate surface area is 118 Å². The van der Waals surface area contributed by atoms with Gasteiger partial charge in [0.25, 0.3) is 0 Å². The Hall–Kier alpha value is -0.860. The molecule has 0 saturated carbocycles. The molecule has 0 heterocycles. The molecule has 0 aliphatic heterocycles. The van der Waals surface area contributed by atoms with Gasteiger partial charge in [-0.25, -0.2) is 0 Å². The van der Waals surface area contributed by atoms with Gasteiger partial charge in [-0.2, -0.15) is 0 Å². The van der Waals surface area contributed by atoms with Crippen LogP contribution in [0.5, 0.6) is 0 Å². The Bertz CT molecular complexity index is 366. The molecule has 0 aliphatic rings. The summed E-state index contributed by atoms with van der Waals surface area (Å²) in [4.78, 5) is 0. The average Bonchev–Trinajstić information content (AvgIpc) is 2.29. The van der Waals surface area contributed by atoms with Crippen LogP contribution in [-0.4, -0.2) is 0 Å². The topological polar surface area (TPSA) is 0 Å². The van der Waals surface area contributed by atoms with Crippen LogP contribution in [0.3, 0.4) is 0 Å². The van der Waals surface area contributed by atoms with E-state index in [1.54, 1.807) is 0 Å². The monoisotopic (exact) mass is 338 g/mol. The molecule has 2 heteroatoms. The number of halogens is 2. The van der Waals surface area contributed by atoms with E-state index in [0.29, 0.717) is 0 Å². The van der Waals surface area contributed by atoms with Crippen molar-refractivity contribution in [1.82, 2.24) is 0 Å². The summed E-state index contributed by atoms with van der Waals surface area (Å²) in [6.07, 6.45) is 4.24. The predicted molar refractivity (Wildman–Crippen MR) is 61.8 cm³/mol. The van der Waals surface area contributed by atoms with Gasteiger partial charge in [-0.3, -0.25) is 0 Å². The third-order valence-corrected chi connectivity index (χ3v) is 2.07. The Balaban J connectivity index is 0.00000112. The molecule has 0 N–H and O–H groups in total. The lowest BCUT2D eigenvalue weighted by Gasteiger charge is -1.92. The number of rotatable bonds is 2. The molecule has 16 heavy (non-hydrogen) atoms. The molecule has 0 saturated heterocycles. The summed E-state index contributed by atoms with van der Waals surface area (Å²) < 4.78 is 0. The largest absolute Gasteiger partial charge is 1.00 e. The lowest BCUT2D eigenvalue weighted by Crippen LogP contribution is -3.00. The Morgan fingerprint density at radius 2 is 0.812 bits per heavy atom. The van der Waals surface area contributed by atoms with Gasteiger partial charge in [-0.15, -0.1) is 0 Å². The standard InChI is InChI=1S/C14H12.2BrH/c1-3-7-13(8-4-1)11-12-14-9-5-2-6-10-14;;/h1-12H;2*1H/p-2. The Morgan fingerprint density at radius 3 is 1.12 bits per heavy atom. The van der Waals surface area contributed by atoms with E-state index in [0.717, 1.165) is 0 Å². The third-order valence-electron chi connectivity index (χ3n) is 2.07.